The highest BCUT2D eigenvalue weighted by atomic mass is 32.2. The molecule has 1 aliphatic heterocycles. The number of hydrogen-bond donors (Lipinski definition) is 1. The fourth-order valence-electron chi connectivity index (χ4n) is 4.89. The Labute approximate surface area is 249 Å². The zero-order valence-corrected chi connectivity index (χ0v) is 24.5. The minimum Gasteiger partial charge on any atom is -0.368 e. The second kappa shape index (κ2) is 12.6. The number of nitrogens with one attached hydrogen (secondary N) is 1. The van der Waals surface area contributed by atoms with Crippen molar-refractivity contribution < 1.29 is 43.9 Å². The van der Waals surface area contributed by atoms with Crippen LogP contribution >= 0.6 is 0 Å². The van der Waals surface area contributed by atoms with E-state index in [-0.39, 0.29) is 43.2 Å². The third kappa shape index (κ3) is 8.18. The number of rotatable bonds is 9. The molecule has 44 heavy (non-hydrogen) atoms. The summed E-state index contributed by atoms with van der Waals surface area (Å²) in [7, 11) is -3.72. The maximum absolute atomic E-state index is 14.5. The summed E-state index contributed by atoms with van der Waals surface area (Å²) in [4.78, 5) is 20.4. The number of aryl methyl sites for hydroxylation is 1. The number of carbonyl (C=O) groups is 1. The van der Waals surface area contributed by atoms with E-state index in [2.05, 4.69) is 4.98 Å². The van der Waals surface area contributed by atoms with Crippen molar-refractivity contribution >= 4 is 33.0 Å². The SMILES string of the molecule is CC(C(=O)CCc1ccc(C(F)(F)F)nc1N1CCN(c2ccc(C(F)(F)F)cc2)CC1)c1ccc(NS(C)(=O)=O)c(F)c1. The molecule has 2 heterocycles. The minimum absolute atomic E-state index is 0.0545. The van der Waals surface area contributed by atoms with Crippen molar-refractivity contribution in [1.29, 1.82) is 0 Å². The predicted molar refractivity (Wildman–Crippen MR) is 152 cm³/mol. The Morgan fingerprint density at radius 2 is 1.52 bits per heavy atom. The monoisotopic (exact) mass is 646 g/mol. The van der Waals surface area contributed by atoms with Crippen LogP contribution in [0.1, 0.15) is 41.6 Å². The van der Waals surface area contributed by atoms with Crippen LogP contribution in [0, 0.1) is 5.82 Å². The lowest BCUT2D eigenvalue weighted by Crippen LogP contribution is -2.47. The Morgan fingerprint density at radius 1 is 0.909 bits per heavy atom. The van der Waals surface area contributed by atoms with Crippen LogP contribution in [0.25, 0.3) is 0 Å². The van der Waals surface area contributed by atoms with Crippen molar-refractivity contribution in [1.82, 2.24) is 4.98 Å². The van der Waals surface area contributed by atoms with Crippen molar-refractivity contribution in [2.75, 3.05) is 47.0 Å². The summed E-state index contributed by atoms with van der Waals surface area (Å²) in [5, 5.41) is 0. The molecular weight excluding hydrogens is 617 g/mol. The van der Waals surface area contributed by atoms with Crippen molar-refractivity contribution in [3.05, 3.63) is 82.8 Å². The molecule has 0 amide bonds. The Kier molecular flexibility index (Phi) is 9.47. The number of benzene rings is 2. The summed E-state index contributed by atoms with van der Waals surface area (Å²) in [6.07, 6.45) is -8.34. The van der Waals surface area contributed by atoms with Crippen LogP contribution in [-0.4, -0.2) is 51.6 Å². The first-order chi connectivity index (χ1) is 20.4. The van der Waals surface area contributed by atoms with Crippen LogP contribution in [-0.2, 0) is 33.6 Å². The Balaban J connectivity index is 1.47. The van der Waals surface area contributed by atoms with Crippen molar-refractivity contribution in [3.8, 4) is 0 Å². The van der Waals surface area contributed by atoms with Crippen LogP contribution in [0.2, 0.25) is 0 Å². The van der Waals surface area contributed by atoms with Gasteiger partial charge < -0.3 is 9.80 Å². The Morgan fingerprint density at radius 3 is 2.07 bits per heavy atom. The van der Waals surface area contributed by atoms with Crippen molar-refractivity contribution in [2.45, 2.75) is 38.0 Å². The number of aromatic nitrogens is 1. The number of anilines is 3. The first kappa shape index (κ1) is 33.0. The molecule has 1 atom stereocenters. The number of pyridine rings is 1. The van der Waals surface area contributed by atoms with Gasteiger partial charge in [0.15, 0.2) is 0 Å². The number of alkyl halides is 6. The molecule has 3 aromatic rings. The van der Waals surface area contributed by atoms with Gasteiger partial charge in [-0.1, -0.05) is 19.1 Å². The van der Waals surface area contributed by atoms with E-state index in [1.165, 1.54) is 30.3 Å². The fraction of sp³-hybridized carbons (Fsp3) is 0.379. The van der Waals surface area contributed by atoms with Gasteiger partial charge in [0.05, 0.1) is 17.5 Å². The van der Waals surface area contributed by atoms with E-state index in [9.17, 15) is 43.9 Å². The van der Waals surface area contributed by atoms with Crippen LogP contribution in [0.4, 0.5) is 47.9 Å². The lowest BCUT2D eigenvalue weighted by molar-refractivity contribution is -0.141. The van der Waals surface area contributed by atoms with Gasteiger partial charge in [-0.3, -0.25) is 9.52 Å². The molecule has 4 rings (SSSR count). The Hall–Kier alpha value is -3.88. The van der Waals surface area contributed by atoms with Gasteiger partial charge in [0, 0.05) is 44.2 Å². The van der Waals surface area contributed by atoms with E-state index < -0.39 is 45.4 Å². The predicted octanol–water partition coefficient (Wildman–Crippen LogP) is 6.26. The van der Waals surface area contributed by atoms with Crippen molar-refractivity contribution in [2.24, 2.45) is 0 Å². The van der Waals surface area contributed by atoms with Crippen LogP contribution < -0.4 is 14.5 Å². The summed E-state index contributed by atoms with van der Waals surface area (Å²) in [5.41, 5.74) is -0.898. The summed E-state index contributed by atoms with van der Waals surface area (Å²) >= 11 is 0. The molecule has 15 heteroatoms. The molecule has 1 aromatic heterocycles. The number of sulfonamides is 1. The molecule has 1 unspecified atom stereocenters. The first-order valence-corrected chi connectivity index (χ1v) is 15.4. The zero-order valence-electron chi connectivity index (χ0n) is 23.6. The van der Waals surface area contributed by atoms with E-state index in [0.717, 1.165) is 30.5 Å². The van der Waals surface area contributed by atoms with E-state index in [1.807, 2.05) is 9.62 Å². The van der Waals surface area contributed by atoms with Gasteiger partial charge >= 0.3 is 12.4 Å². The van der Waals surface area contributed by atoms with Crippen LogP contribution in [0.3, 0.4) is 0 Å². The molecule has 0 bridgehead atoms. The largest absolute Gasteiger partial charge is 0.433 e. The van der Waals surface area contributed by atoms with Gasteiger partial charge in [-0.2, -0.15) is 26.3 Å². The number of hydrogen-bond acceptors (Lipinski definition) is 6. The molecule has 1 saturated heterocycles. The quantitative estimate of drug-likeness (QED) is 0.277. The summed E-state index contributed by atoms with van der Waals surface area (Å²) in [6.45, 7) is 2.65. The van der Waals surface area contributed by atoms with E-state index >= 15 is 0 Å². The highest BCUT2D eigenvalue weighted by Crippen LogP contribution is 2.34. The average Bonchev–Trinajstić information content (AvgIpc) is 2.95. The van der Waals surface area contributed by atoms with E-state index in [0.29, 0.717) is 29.9 Å². The number of Topliss-reactive ketones (excluding diaryl/α,β-unsaturated/α-hetero) is 1. The van der Waals surface area contributed by atoms with Crippen molar-refractivity contribution in [3.63, 3.8) is 0 Å². The molecule has 0 aliphatic carbocycles. The molecule has 1 fully saturated rings. The normalized spacial score (nSPS) is 15.3. The maximum atomic E-state index is 14.5. The summed E-state index contributed by atoms with van der Waals surface area (Å²) in [5.74, 6) is -1.90. The van der Waals surface area contributed by atoms with Gasteiger partial charge in [-0.15, -0.1) is 0 Å². The number of ketones is 1. The molecule has 2 aromatic carbocycles. The molecule has 0 spiro atoms. The first-order valence-electron chi connectivity index (χ1n) is 13.5. The lowest BCUT2D eigenvalue weighted by Gasteiger charge is -2.37. The van der Waals surface area contributed by atoms with Gasteiger partial charge in [0.2, 0.25) is 10.0 Å². The standard InChI is InChI=1S/C29H29F7N4O3S/c1-18(20-3-10-24(23(30)17-20)38-44(2,42)43)25(41)11-4-19-5-12-26(29(34,35)36)37-27(19)40-15-13-39(14-16-40)22-8-6-21(7-9-22)28(31,32)33/h3,5-10,12,17-18,38H,4,11,13-16H2,1-2H3. The topological polar surface area (TPSA) is 82.6 Å². The third-order valence-corrected chi connectivity index (χ3v) is 7.89. The summed E-state index contributed by atoms with van der Waals surface area (Å²) in [6, 6.07) is 10.4. The molecule has 0 radical (unpaired) electrons. The number of nitrogens with zero attached hydrogens (tertiary/aromatic N) is 3. The second-order valence-electron chi connectivity index (χ2n) is 10.5. The maximum Gasteiger partial charge on any atom is 0.433 e. The zero-order chi connectivity index (χ0) is 32.4. The molecular formula is C29H29F7N4O3S. The molecule has 1 aliphatic rings. The minimum atomic E-state index is -4.71. The lowest BCUT2D eigenvalue weighted by atomic mass is 9.92. The Bertz CT molecular complexity index is 1600. The fourth-order valence-corrected chi connectivity index (χ4v) is 5.45. The molecule has 0 saturated carbocycles. The number of piperazine rings is 1. The van der Waals surface area contributed by atoms with Gasteiger partial charge in [0.1, 0.15) is 23.1 Å². The molecule has 7 nitrogen and oxygen atoms in total. The van der Waals surface area contributed by atoms with E-state index in [4.69, 9.17) is 0 Å². The number of halogens is 7. The van der Waals surface area contributed by atoms with Gasteiger partial charge in [-0.05, 0) is 60.0 Å². The van der Waals surface area contributed by atoms with Crippen LogP contribution in [0.15, 0.2) is 54.6 Å². The highest BCUT2D eigenvalue weighted by molar-refractivity contribution is 7.92. The van der Waals surface area contributed by atoms with E-state index in [1.54, 1.807) is 11.8 Å². The highest BCUT2D eigenvalue weighted by Gasteiger charge is 2.34. The summed E-state index contributed by atoms with van der Waals surface area (Å²) < 4.78 is 119. The molecule has 1 N–H and O–H groups in total. The third-order valence-electron chi connectivity index (χ3n) is 7.30. The van der Waals surface area contributed by atoms with Crippen LogP contribution in [0.5, 0.6) is 0 Å². The smallest absolute Gasteiger partial charge is 0.368 e. The average molecular weight is 647 g/mol. The second-order valence-corrected chi connectivity index (χ2v) is 12.2. The molecule has 238 valence electrons. The number of carbonyl (C=O) groups excluding carboxylic acids is 1. The van der Waals surface area contributed by atoms with Gasteiger partial charge in [-0.25, -0.2) is 17.8 Å². The van der Waals surface area contributed by atoms with Gasteiger partial charge in [0.25, 0.3) is 0 Å².